The first-order chi connectivity index (χ1) is 7.81. The molecule has 1 aromatic rings. The van der Waals surface area contributed by atoms with Crippen molar-refractivity contribution >= 4 is 37.6 Å². The van der Waals surface area contributed by atoms with Crippen LogP contribution in [0.15, 0.2) is 18.2 Å². The first-order valence-electron chi connectivity index (χ1n) is 3.95. The minimum absolute atomic E-state index is 0.0215. The summed E-state index contributed by atoms with van der Waals surface area (Å²) in [5, 5.41) is 8.67. The maximum absolute atomic E-state index is 11.0. The molecule has 0 saturated heterocycles. The maximum Gasteiger partial charge on any atom is 0.427 e. The summed E-state index contributed by atoms with van der Waals surface area (Å²) in [6.45, 7) is 0. The lowest BCUT2D eigenvalue weighted by Crippen LogP contribution is -2.29. The number of amides is 1. The van der Waals surface area contributed by atoms with Gasteiger partial charge >= 0.3 is 15.3 Å². The minimum Gasteiger partial charge on any atom is -0.410 e. The van der Waals surface area contributed by atoms with E-state index in [0.29, 0.717) is 0 Å². The van der Waals surface area contributed by atoms with Gasteiger partial charge in [0.15, 0.2) is 0 Å². The molecule has 0 spiro atoms. The van der Waals surface area contributed by atoms with Crippen LogP contribution in [0.1, 0.15) is 5.56 Å². The number of carbonyl (C=O) groups is 1. The van der Waals surface area contributed by atoms with E-state index < -0.39 is 15.3 Å². The molecule has 0 heterocycles. The molecule has 0 unspecified atom stereocenters. The van der Waals surface area contributed by atoms with Crippen LogP contribution in [0.2, 0.25) is 5.02 Å². The van der Waals surface area contributed by atoms with Crippen LogP contribution in [-0.4, -0.2) is 14.5 Å². The summed E-state index contributed by atoms with van der Waals surface area (Å²) in [6, 6.07) is 5.61. The average molecular weight is 295 g/mol. The third-order valence-electron chi connectivity index (χ3n) is 1.48. The summed E-state index contributed by atoms with van der Waals surface area (Å²) in [5.74, 6) is -0.0215. The molecule has 1 rings (SSSR count). The molecular formula is C8H4Cl2N2O4S. The number of nitrogens with zero attached hydrogens (tertiary/aromatic N) is 1. The van der Waals surface area contributed by atoms with Gasteiger partial charge in [-0.2, -0.15) is 13.7 Å². The molecule has 1 aromatic carbocycles. The monoisotopic (exact) mass is 294 g/mol. The van der Waals surface area contributed by atoms with E-state index in [4.69, 9.17) is 27.5 Å². The summed E-state index contributed by atoms with van der Waals surface area (Å²) in [5.41, 5.74) is 0.199. The van der Waals surface area contributed by atoms with Gasteiger partial charge in [-0.1, -0.05) is 11.6 Å². The highest BCUT2D eigenvalue weighted by Crippen LogP contribution is 2.21. The number of benzene rings is 1. The van der Waals surface area contributed by atoms with E-state index in [0.717, 1.165) is 0 Å². The Morgan fingerprint density at radius 2 is 2.12 bits per heavy atom. The number of nitriles is 1. The van der Waals surface area contributed by atoms with Crippen molar-refractivity contribution in [3.8, 4) is 11.8 Å². The third-order valence-corrected chi connectivity index (χ3v) is 2.43. The number of halogens is 2. The highest BCUT2D eigenvalue weighted by Gasteiger charge is 2.13. The van der Waals surface area contributed by atoms with E-state index >= 15 is 0 Å². The average Bonchev–Trinajstić information content (AvgIpc) is 2.14. The molecule has 9 heteroatoms. The Morgan fingerprint density at radius 3 is 2.59 bits per heavy atom. The molecule has 0 radical (unpaired) electrons. The van der Waals surface area contributed by atoms with Gasteiger partial charge in [0.05, 0.1) is 10.6 Å². The Morgan fingerprint density at radius 1 is 1.47 bits per heavy atom. The smallest absolute Gasteiger partial charge is 0.410 e. The largest absolute Gasteiger partial charge is 0.427 e. The number of ether oxygens (including phenoxy) is 1. The van der Waals surface area contributed by atoms with Crippen LogP contribution < -0.4 is 9.46 Å². The van der Waals surface area contributed by atoms with Crippen LogP contribution in [0.4, 0.5) is 4.79 Å². The van der Waals surface area contributed by atoms with Gasteiger partial charge < -0.3 is 4.74 Å². The van der Waals surface area contributed by atoms with E-state index in [2.05, 4.69) is 4.74 Å². The quantitative estimate of drug-likeness (QED) is 0.839. The molecule has 1 amide bonds. The first kappa shape index (κ1) is 13.6. The highest BCUT2D eigenvalue weighted by molar-refractivity contribution is 8.12. The summed E-state index contributed by atoms with van der Waals surface area (Å²) in [4.78, 5) is 11.0. The fourth-order valence-corrected chi connectivity index (χ4v) is 1.52. The number of nitrogens with one attached hydrogen (secondary N) is 1. The molecular weight excluding hydrogens is 291 g/mol. The van der Waals surface area contributed by atoms with Gasteiger partial charge in [-0.15, -0.1) is 0 Å². The molecule has 0 aromatic heterocycles. The van der Waals surface area contributed by atoms with Gasteiger partial charge in [0.25, 0.3) is 0 Å². The summed E-state index contributed by atoms with van der Waals surface area (Å²) < 4.78 is 26.9. The van der Waals surface area contributed by atoms with Gasteiger partial charge in [0, 0.05) is 16.7 Å². The normalized spacial score (nSPS) is 10.4. The van der Waals surface area contributed by atoms with Crippen molar-refractivity contribution in [2.75, 3.05) is 0 Å². The summed E-state index contributed by atoms with van der Waals surface area (Å²) in [7, 11) is 0.560. The molecule has 0 aliphatic carbocycles. The number of carbonyl (C=O) groups excluding carboxylic acids is 1. The van der Waals surface area contributed by atoms with Crippen LogP contribution in [0.5, 0.6) is 5.75 Å². The van der Waals surface area contributed by atoms with Gasteiger partial charge in [-0.05, 0) is 12.1 Å². The molecule has 1 N–H and O–H groups in total. The number of hydrogen-bond acceptors (Lipinski definition) is 5. The van der Waals surface area contributed by atoms with E-state index in [1.54, 1.807) is 0 Å². The number of hydrogen-bond donors (Lipinski definition) is 1. The molecule has 90 valence electrons. The lowest BCUT2D eigenvalue weighted by Gasteiger charge is -2.04. The summed E-state index contributed by atoms with van der Waals surface area (Å²) in [6.07, 6.45) is -1.28. The van der Waals surface area contributed by atoms with Crippen molar-refractivity contribution < 1.29 is 17.9 Å². The fraction of sp³-hybridized carbons (Fsp3) is 0. The zero-order chi connectivity index (χ0) is 13.1. The van der Waals surface area contributed by atoms with Crippen molar-refractivity contribution in [3.05, 3.63) is 28.8 Å². The first-order valence-corrected chi connectivity index (χ1v) is 6.64. The van der Waals surface area contributed by atoms with Gasteiger partial charge in [-0.25, -0.2) is 9.52 Å². The Labute approximate surface area is 106 Å². The van der Waals surface area contributed by atoms with E-state index in [1.807, 2.05) is 6.07 Å². The molecule has 0 bridgehead atoms. The number of rotatable bonds is 2. The van der Waals surface area contributed by atoms with Crippen molar-refractivity contribution in [1.82, 2.24) is 4.72 Å². The fourth-order valence-electron chi connectivity index (χ4n) is 0.877. The zero-order valence-corrected chi connectivity index (χ0v) is 10.3. The lowest BCUT2D eigenvalue weighted by molar-refractivity contribution is 0.207. The van der Waals surface area contributed by atoms with Crippen LogP contribution in [0.25, 0.3) is 0 Å². The second-order valence-corrected chi connectivity index (χ2v) is 5.39. The topological polar surface area (TPSA) is 96.3 Å². The Bertz CT molecular complexity index is 594. The predicted octanol–water partition coefficient (Wildman–Crippen LogP) is 1.78. The van der Waals surface area contributed by atoms with Crippen molar-refractivity contribution in [1.29, 1.82) is 5.26 Å². The second kappa shape index (κ2) is 5.23. The lowest BCUT2D eigenvalue weighted by atomic mass is 10.2. The zero-order valence-electron chi connectivity index (χ0n) is 7.98. The minimum atomic E-state index is -4.20. The van der Waals surface area contributed by atoms with E-state index in [-0.39, 0.29) is 16.3 Å². The van der Waals surface area contributed by atoms with Crippen LogP contribution >= 0.6 is 22.3 Å². The van der Waals surface area contributed by atoms with Crippen LogP contribution in [0.3, 0.4) is 0 Å². The highest BCUT2D eigenvalue weighted by atomic mass is 35.7. The Kier molecular flexibility index (Phi) is 4.17. The van der Waals surface area contributed by atoms with E-state index in [1.165, 1.54) is 22.9 Å². The van der Waals surface area contributed by atoms with Gasteiger partial charge in [0.1, 0.15) is 11.8 Å². The molecule has 0 atom stereocenters. The molecule has 0 fully saturated rings. The Balaban J connectivity index is 2.81. The SMILES string of the molecule is N#Cc1ccc(OC(=O)NS(=O)(=O)Cl)cc1Cl. The third kappa shape index (κ3) is 4.48. The van der Waals surface area contributed by atoms with Crippen molar-refractivity contribution in [2.24, 2.45) is 0 Å². The molecule has 17 heavy (non-hydrogen) atoms. The molecule has 0 saturated carbocycles. The van der Waals surface area contributed by atoms with Gasteiger partial charge in [-0.3, -0.25) is 0 Å². The van der Waals surface area contributed by atoms with Crippen molar-refractivity contribution in [2.45, 2.75) is 0 Å². The molecule has 0 aliphatic rings. The van der Waals surface area contributed by atoms with E-state index in [9.17, 15) is 13.2 Å². The maximum atomic E-state index is 11.0. The standard InChI is InChI=1S/C8H4Cl2N2O4S/c9-7-3-6(2-1-5(7)4-11)16-8(13)12-17(10,14)15/h1-3H,(H,12,13). The van der Waals surface area contributed by atoms with Crippen molar-refractivity contribution in [3.63, 3.8) is 0 Å². The molecule has 0 aliphatic heterocycles. The van der Waals surface area contributed by atoms with Crippen LogP contribution in [-0.2, 0) is 9.24 Å². The predicted molar refractivity (Wildman–Crippen MR) is 60.1 cm³/mol. The van der Waals surface area contributed by atoms with Gasteiger partial charge in [0.2, 0.25) is 0 Å². The molecule has 6 nitrogen and oxygen atoms in total. The van der Waals surface area contributed by atoms with Crippen LogP contribution in [0, 0.1) is 11.3 Å². The Hall–Kier alpha value is -1.49. The second-order valence-electron chi connectivity index (χ2n) is 2.68. The summed E-state index contributed by atoms with van der Waals surface area (Å²) >= 11 is 5.67.